The van der Waals surface area contributed by atoms with E-state index in [-0.39, 0.29) is 17.9 Å². The molecule has 0 unspecified atom stereocenters. The minimum atomic E-state index is -3.51. The van der Waals surface area contributed by atoms with E-state index in [0.29, 0.717) is 5.75 Å². The summed E-state index contributed by atoms with van der Waals surface area (Å²) in [7, 11) is -0.538. The minimum absolute atomic E-state index is 0.173. The fraction of sp³-hybridized carbons (Fsp3) is 0.364. The molecular weight excluding hydrogens is 240 g/mol. The zero-order valence-electron chi connectivity index (χ0n) is 9.75. The summed E-state index contributed by atoms with van der Waals surface area (Å²) in [6, 6.07) is 8.06. The van der Waals surface area contributed by atoms with Gasteiger partial charge < -0.3 is 4.74 Å². The lowest BCUT2D eigenvalue weighted by Gasteiger charge is -2.15. The molecule has 0 aliphatic carbocycles. The number of rotatable bonds is 5. The van der Waals surface area contributed by atoms with Crippen molar-refractivity contribution in [3.05, 3.63) is 24.3 Å². The summed E-state index contributed by atoms with van der Waals surface area (Å²) < 4.78 is 30.1. The first kappa shape index (κ1) is 13.5. The van der Waals surface area contributed by atoms with Gasteiger partial charge in [-0.25, -0.2) is 8.42 Å². The summed E-state index contributed by atoms with van der Waals surface area (Å²) in [6.07, 6.45) is 0.173. The number of methoxy groups -OCH3 is 1. The first-order chi connectivity index (χ1) is 8.02. The van der Waals surface area contributed by atoms with Gasteiger partial charge in [0.15, 0.2) is 0 Å². The Kier molecular flexibility index (Phi) is 4.49. The molecule has 0 spiro atoms. The Bertz CT molecular complexity index is 503. The topological polar surface area (TPSA) is 70.4 Å². The third-order valence-electron chi connectivity index (χ3n) is 2.31. The molecule has 0 amide bonds. The zero-order valence-corrected chi connectivity index (χ0v) is 10.6. The molecule has 0 aromatic heterocycles. The molecular formula is C11H14N2O3S. The SMILES string of the molecule is COc1ccc(S(=O)(=O)N(C)CCC#N)cc1. The number of ether oxygens (including phenoxy) is 1. The highest BCUT2D eigenvalue weighted by atomic mass is 32.2. The third-order valence-corrected chi connectivity index (χ3v) is 4.18. The molecule has 0 N–H and O–H groups in total. The van der Waals surface area contributed by atoms with E-state index in [1.165, 1.54) is 26.3 Å². The maximum atomic E-state index is 12.0. The number of nitrogens with zero attached hydrogens (tertiary/aromatic N) is 2. The van der Waals surface area contributed by atoms with Gasteiger partial charge in [0, 0.05) is 20.0 Å². The van der Waals surface area contributed by atoms with E-state index in [0.717, 1.165) is 4.31 Å². The first-order valence-corrected chi connectivity index (χ1v) is 6.43. The van der Waals surface area contributed by atoms with E-state index in [2.05, 4.69) is 0 Å². The molecule has 0 radical (unpaired) electrons. The largest absolute Gasteiger partial charge is 0.497 e. The predicted molar refractivity (Wildman–Crippen MR) is 63.0 cm³/mol. The molecule has 0 atom stereocenters. The van der Waals surface area contributed by atoms with Crippen molar-refractivity contribution >= 4 is 10.0 Å². The molecule has 1 aromatic rings. The minimum Gasteiger partial charge on any atom is -0.497 e. The quantitative estimate of drug-likeness (QED) is 0.792. The highest BCUT2D eigenvalue weighted by molar-refractivity contribution is 7.89. The zero-order chi connectivity index (χ0) is 12.9. The maximum absolute atomic E-state index is 12.0. The second kappa shape index (κ2) is 5.66. The van der Waals surface area contributed by atoms with Crippen LogP contribution >= 0.6 is 0 Å². The summed E-state index contributed by atoms with van der Waals surface area (Å²) in [6.45, 7) is 0.185. The molecule has 17 heavy (non-hydrogen) atoms. The van der Waals surface area contributed by atoms with Gasteiger partial charge in [-0.15, -0.1) is 0 Å². The fourth-order valence-electron chi connectivity index (χ4n) is 1.26. The molecule has 0 aliphatic rings. The number of hydrogen-bond acceptors (Lipinski definition) is 4. The summed E-state index contributed by atoms with van der Waals surface area (Å²) in [5, 5.41) is 8.43. The molecule has 1 rings (SSSR count). The van der Waals surface area contributed by atoms with Crippen molar-refractivity contribution in [2.75, 3.05) is 20.7 Å². The number of benzene rings is 1. The Hall–Kier alpha value is -1.58. The Morgan fingerprint density at radius 2 is 1.94 bits per heavy atom. The Balaban J connectivity index is 2.93. The lowest BCUT2D eigenvalue weighted by molar-refractivity contribution is 0.414. The van der Waals surface area contributed by atoms with Crippen LogP contribution in [-0.2, 0) is 10.0 Å². The van der Waals surface area contributed by atoms with E-state index >= 15 is 0 Å². The van der Waals surface area contributed by atoms with Crippen molar-refractivity contribution in [2.24, 2.45) is 0 Å². The van der Waals surface area contributed by atoms with E-state index < -0.39 is 10.0 Å². The van der Waals surface area contributed by atoms with Gasteiger partial charge in [0.25, 0.3) is 0 Å². The van der Waals surface area contributed by atoms with Crippen molar-refractivity contribution < 1.29 is 13.2 Å². The lowest BCUT2D eigenvalue weighted by atomic mass is 10.3. The van der Waals surface area contributed by atoms with Gasteiger partial charge in [-0.1, -0.05) is 0 Å². The van der Waals surface area contributed by atoms with Crippen LogP contribution in [0.4, 0.5) is 0 Å². The average molecular weight is 254 g/mol. The Morgan fingerprint density at radius 3 is 2.41 bits per heavy atom. The van der Waals surface area contributed by atoms with Crippen LogP contribution in [0.1, 0.15) is 6.42 Å². The van der Waals surface area contributed by atoms with Gasteiger partial charge in [0.2, 0.25) is 10.0 Å². The predicted octanol–water partition coefficient (Wildman–Crippen LogP) is 1.23. The van der Waals surface area contributed by atoms with Crippen molar-refractivity contribution in [3.8, 4) is 11.8 Å². The van der Waals surface area contributed by atoms with Crippen molar-refractivity contribution in [1.82, 2.24) is 4.31 Å². The van der Waals surface area contributed by atoms with Crippen molar-refractivity contribution in [2.45, 2.75) is 11.3 Å². The molecule has 0 saturated carbocycles. The smallest absolute Gasteiger partial charge is 0.242 e. The first-order valence-electron chi connectivity index (χ1n) is 4.99. The third kappa shape index (κ3) is 3.19. The molecule has 0 fully saturated rings. The fourth-order valence-corrected chi connectivity index (χ4v) is 2.43. The van der Waals surface area contributed by atoms with Gasteiger partial charge >= 0.3 is 0 Å². The van der Waals surface area contributed by atoms with Crippen LogP contribution in [0, 0.1) is 11.3 Å². The number of sulfonamides is 1. The molecule has 6 heteroatoms. The molecule has 0 bridgehead atoms. The van der Waals surface area contributed by atoms with E-state index in [1.54, 1.807) is 12.1 Å². The summed E-state index contributed by atoms with van der Waals surface area (Å²) >= 11 is 0. The van der Waals surface area contributed by atoms with Crippen LogP contribution in [0.25, 0.3) is 0 Å². The van der Waals surface area contributed by atoms with Gasteiger partial charge in [0.05, 0.1) is 18.1 Å². The van der Waals surface area contributed by atoms with Crippen molar-refractivity contribution in [1.29, 1.82) is 5.26 Å². The second-order valence-corrected chi connectivity index (χ2v) is 5.46. The normalized spacial score (nSPS) is 11.2. The Morgan fingerprint density at radius 1 is 1.35 bits per heavy atom. The summed E-state index contributed by atoms with van der Waals surface area (Å²) in [5.74, 6) is 0.601. The lowest BCUT2D eigenvalue weighted by Crippen LogP contribution is -2.27. The monoisotopic (exact) mass is 254 g/mol. The average Bonchev–Trinajstić information content (AvgIpc) is 2.35. The molecule has 0 aliphatic heterocycles. The van der Waals surface area contributed by atoms with Crippen LogP contribution in [0.2, 0.25) is 0 Å². The van der Waals surface area contributed by atoms with Gasteiger partial charge in [-0.05, 0) is 24.3 Å². The van der Waals surface area contributed by atoms with Crippen LogP contribution in [0.15, 0.2) is 29.2 Å². The number of hydrogen-bond donors (Lipinski definition) is 0. The van der Waals surface area contributed by atoms with Gasteiger partial charge in [-0.2, -0.15) is 9.57 Å². The molecule has 92 valence electrons. The Labute approximate surface area is 101 Å². The highest BCUT2D eigenvalue weighted by Gasteiger charge is 2.19. The van der Waals surface area contributed by atoms with Crippen LogP contribution in [0.5, 0.6) is 5.75 Å². The second-order valence-electron chi connectivity index (χ2n) is 3.41. The van der Waals surface area contributed by atoms with E-state index in [9.17, 15) is 8.42 Å². The van der Waals surface area contributed by atoms with Crippen LogP contribution in [-0.4, -0.2) is 33.4 Å². The summed E-state index contributed by atoms with van der Waals surface area (Å²) in [5.41, 5.74) is 0. The van der Waals surface area contributed by atoms with Crippen LogP contribution < -0.4 is 4.74 Å². The van der Waals surface area contributed by atoms with Crippen molar-refractivity contribution in [3.63, 3.8) is 0 Å². The van der Waals surface area contributed by atoms with E-state index in [1.807, 2.05) is 6.07 Å². The van der Waals surface area contributed by atoms with Gasteiger partial charge in [-0.3, -0.25) is 0 Å². The maximum Gasteiger partial charge on any atom is 0.242 e. The molecule has 5 nitrogen and oxygen atoms in total. The van der Waals surface area contributed by atoms with E-state index in [4.69, 9.17) is 10.00 Å². The van der Waals surface area contributed by atoms with Crippen LogP contribution in [0.3, 0.4) is 0 Å². The molecule has 0 saturated heterocycles. The molecule has 0 heterocycles. The van der Waals surface area contributed by atoms with Gasteiger partial charge in [0.1, 0.15) is 5.75 Å². The standard InChI is InChI=1S/C11H14N2O3S/c1-13(9-3-8-12)17(14,15)11-6-4-10(16-2)5-7-11/h4-7H,3,9H2,1-2H3. The summed E-state index contributed by atoms with van der Waals surface area (Å²) in [4.78, 5) is 0.193. The molecule has 1 aromatic carbocycles. The highest BCUT2D eigenvalue weighted by Crippen LogP contribution is 2.18. The number of nitriles is 1.